The van der Waals surface area contributed by atoms with E-state index in [4.69, 9.17) is 0 Å². The van der Waals surface area contributed by atoms with Crippen LogP contribution >= 0.6 is 0 Å². The maximum Gasteiger partial charge on any atom is 0.234 e. The van der Waals surface area contributed by atoms with Crippen LogP contribution in [0.3, 0.4) is 0 Å². The number of benzene rings is 1. The highest BCUT2D eigenvalue weighted by Gasteiger charge is 2.24. The van der Waals surface area contributed by atoms with Gasteiger partial charge < -0.3 is 5.32 Å². The van der Waals surface area contributed by atoms with Crippen LogP contribution < -0.4 is 5.32 Å². The molecular weight excluding hydrogens is 326 g/mol. The summed E-state index contributed by atoms with van der Waals surface area (Å²) in [5.74, 6) is -1.38. The van der Waals surface area contributed by atoms with Gasteiger partial charge in [-0.25, -0.2) is 17.2 Å². The van der Waals surface area contributed by atoms with Crippen LogP contribution in [-0.4, -0.2) is 50.4 Å². The normalized spacial score (nSPS) is 19.3. The number of nitrogens with zero attached hydrogens (tertiary/aromatic N) is 1. The van der Waals surface area contributed by atoms with Crippen molar-refractivity contribution in [1.82, 2.24) is 10.2 Å². The molecule has 1 aliphatic heterocycles. The first kappa shape index (κ1) is 17.8. The Hall–Kier alpha value is -1.54. The van der Waals surface area contributed by atoms with E-state index >= 15 is 0 Å². The second-order valence-corrected chi connectivity index (χ2v) is 7.93. The average molecular weight is 346 g/mol. The van der Waals surface area contributed by atoms with Gasteiger partial charge in [0, 0.05) is 18.7 Å². The molecule has 128 valence electrons. The number of hydrogen-bond donors (Lipinski definition) is 1. The van der Waals surface area contributed by atoms with Crippen molar-refractivity contribution in [2.24, 2.45) is 0 Å². The lowest BCUT2D eigenvalue weighted by atomic mass is 10.0. The molecule has 1 N–H and O–H groups in total. The smallest absolute Gasteiger partial charge is 0.234 e. The Bertz CT molecular complexity index is 665. The molecule has 0 aromatic heterocycles. The second kappa shape index (κ2) is 7.35. The topological polar surface area (TPSA) is 66.5 Å². The molecule has 5 nitrogen and oxygen atoms in total. The van der Waals surface area contributed by atoms with Gasteiger partial charge in [0.25, 0.3) is 0 Å². The van der Waals surface area contributed by atoms with Crippen LogP contribution in [0.4, 0.5) is 8.78 Å². The summed E-state index contributed by atoms with van der Waals surface area (Å²) in [6, 6.07) is 2.53. The molecule has 1 atom stereocenters. The maximum absolute atomic E-state index is 13.8. The molecule has 0 bridgehead atoms. The van der Waals surface area contributed by atoms with Crippen molar-refractivity contribution in [2.75, 3.05) is 31.1 Å². The van der Waals surface area contributed by atoms with Crippen molar-refractivity contribution in [1.29, 1.82) is 0 Å². The molecule has 1 amide bonds. The van der Waals surface area contributed by atoms with Gasteiger partial charge in [-0.15, -0.1) is 0 Å². The number of halogens is 2. The molecule has 1 aromatic rings. The third-order valence-electron chi connectivity index (χ3n) is 3.88. The fraction of sp³-hybridized carbons (Fsp3) is 0.533. The summed E-state index contributed by atoms with van der Waals surface area (Å²) in [4.78, 5) is 13.8. The van der Waals surface area contributed by atoms with Gasteiger partial charge in [0.05, 0.1) is 24.1 Å². The van der Waals surface area contributed by atoms with Crippen molar-refractivity contribution in [3.05, 3.63) is 35.4 Å². The van der Waals surface area contributed by atoms with Gasteiger partial charge in [0.2, 0.25) is 5.91 Å². The zero-order valence-corrected chi connectivity index (χ0v) is 13.7. The number of sulfone groups is 1. The molecule has 1 aromatic carbocycles. The van der Waals surface area contributed by atoms with Gasteiger partial charge in [-0.05, 0) is 24.6 Å². The van der Waals surface area contributed by atoms with E-state index in [1.807, 2.05) is 0 Å². The molecule has 1 fully saturated rings. The van der Waals surface area contributed by atoms with Gasteiger partial charge in [-0.2, -0.15) is 0 Å². The zero-order chi connectivity index (χ0) is 17.0. The molecule has 0 saturated carbocycles. The Kier molecular flexibility index (Phi) is 5.69. The molecular formula is C15H20F2N2O3S. The van der Waals surface area contributed by atoms with E-state index < -0.39 is 27.5 Å². The van der Waals surface area contributed by atoms with E-state index in [-0.39, 0.29) is 29.5 Å². The van der Waals surface area contributed by atoms with Crippen LogP contribution in [0.15, 0.2) is 18.2 Å². The van der Waals surface area contributed by atoms with Crippen molar-refractivity contribution in [2.45, 2.75) is 19.4 Å². The number of nitrogens with one attached hydrogen (secondary N) is 1. The predicted octanol–water partition coefficient (Wildman–Crippen LogP) is 1.26. The number of hydrogen-bond acceptors (Lipinski definition) is 4. The summed E-state index contributed by atoms with van der Waals surface area (Å²) in [5, 5.41) is 2.68. The Morgan fingerprint density at radius 3 is 2.57 bits per heavy atom. The Labute approximate surface area is 134 Å². The molecule has 0 aliphatic carbocycles. The average Bonchev–Trinajstić information content (AvgIpc) is 2.49. The summed E-state index contributed by atoms with van der Waals surface area (Å²) >= 11 is 0. The molecule has 23 heavy (non-hydrogen) atoms. The number of amides is 1. The third-order valence-corrected chi connectivity index (χ3v) is 5.49. The van der Waals surface area contributed by atoms with Crippen LogP contribution in [0.2, 0.25) is 0 Å². The van der Waals surface area contributed by atoms with Gasteiger partial charge in [-0.3, -0.25) is 9.69 Å². The predicted molar refractivity (Wildman–Crippen MR) is 82.6 cm³/mol. The highest BCUT2D eigenvalue weighted by Crippen LogP contribution is 2.21. The van der Waals surface area contributed by atoms with E-state index in [2.05, 4.69) is 5.32 Å². The Morgan fingerprint density at radius 1 is 1.30 bits per heavy atom. The first-order valence-electron chi connectivity index (χ1n) is 7.48. The van der Waals surface area contributed by atoms with Crippen molar-refractivity contribution < 1.29 is 22.0 Å². The largest absolute Gasteiger partial charge is 0.348 e. The van der Waals surface area contributed by atoms with Crippen LogP contribution in [0.25, 0.3) is 0 Å². The number of carbonyl (C=O) groups excluding carboxylic acids is 1. The van der Waals surface area contributed by atoms with Gasteiger partial charge >= 0.3 is 0 Å². The van der Waals surface area contributed by atoms with Crippen LogP contribution in [0, 0.1) is 11.6 Å². The van der Waals surface area contributed by atoms with Crippen LogP contribution in [0.5, 0.6) is 0 Å². The molecule has 0 spiro atoms. The monoisotopic (exact) mass is 346 g/mol. The van der Waals surface area contributed by atoms with Gasteiger partial charge in [-0.1, -0.05) is 6.92 Å². The maximum atomic E-state index is 13.8. The highest BCUT2D eigenvalue weighted by molar-refractivity contribution is 7.91. The molecule has 1 heterocycles. The van der Waals surface area contributed by atoms with Gasteiger partial charge in [0.15, 0.2) is 9.84 Å². The minimum Gasteiger partial charge on any atom is -0.348 e. The van der Waals surface area contributed by atoms with Crippen molar-refractivity contribution >= 4 is 15.7 Å². The zero-order valence-electron chi connectivity index (χ0n) is 12.9. The molecule has 8 heteroatoms. The molecule has 2 rings (SSSR count). The Morgan fingerprint density at radius 2 is 1.96 bits per heavy atom. The molecule has 1 aliphatic rings. The van der Waals surface area contributed by atoms with Crippen molar-refractivity contribution in [3.63, 3.8) is 0 Å². The fourth-order valence-electron chi connectivity index (χ4n) is 2.53. The standard InChI is InChI=1S/C15H20F2N2O3S/c1-2-14(12-9-11(16)3-4-13(12)17)18-15(20)10-19-5-7-23(21,22)8-6-19/h3-4,9,14H,2,5-8,10H2,1H3,(H,18,20)/t14-/m0/s1. The van der Waals surface area contributed by atoms with Crippen LogP contribution in [-0.2, 0) is 14.6 Å². The van der Waals surface area contributed by atoms with Gasteiger partial charge in [0.1, 0.15) is 11.6 Å². The fourth-order valence-corrected chi connectivity index (χ4v) is 3.81. The summed E-state index contributed by atoms with van der Waals surface area (Å²) in [7, 11) is -3.00. The summed E-state index contributed by atoms with van der Waals surface area (Å²) in [6.07, 6.45) is 0.417. The Balaban J connectivity index is 1.96. The minimum atomic E-state index is -3.00. The minimum absolute atomic E-state index is 0.0377. The highest BCUT2D eigenvalue weighted by atomic mass is 32.2. The summed E-state index contributed by atoms with van der Waals surface area (Å²) < 4.78 is 49.8. The summed E-state index contributed by atoms with van der Waals surface area (Å²) in [5.41, 5.74) is 0.113. The SMILES string of the molecule is CC[C@H](NC(=O)CN1CCS(=O)(=O)CC1)c1cc(F)ccc1F. The summed E-state index contributed by atoms with van der Waals surface area (Å²) in [6.45, 7) is 2.42. The second-order valence-electron chi connectivity index (χ2n) is 5.62. The first-order chi connectivity index (χ1) is 10.8. The van der Waals surface area contributed by atoms with Crippen molar-refractivity contribution in [3.8, 4) is 0 Å². The van der Waals surface area contributed by atoms with E-state index in [1.165, 1.54) is 0 Å². The lowest BCUT2D eigenvalue weighted by Crippen LogP contribution is -2.46. The van der Waals surface area contributed by atoms with E-state index in [1.54, 1.807) is 11.8 Å². The van der Waals surface area contributed by atoms with E-state index in [9.17, 15) is 22.0 Å². The number of rotatable bonds is 5. The lowest BCUT2D eigenvalue weighted by Gasteiger charge is -2.27. The molecule has 0 unspecified atom stereocenters. The lowest BCUT2D eigenvalue weighted by molar-refractivity contribution is -0.123. The van der Waals surface area contributed by atoms with Crippen LogP contribution in [0.1, 0.15) is 24.9 Å². The quantitative estimate of drug-likeness (QED) is 0.872. The number of carbonyl (C=O) groups is 1. The molecule has 1 saturated heterocycles. The van der Waals surface area contributed by atoms with E-state index in [0.717, 1.165) is 18.2 Å². The molecule has 0 radical (unpaired) electrons. The van der Waals surface area contributed by atoms with E-state index in [0.29, 0.717) is 19.5 Å². The first-order valence-corrected chi connectivity index (χ1v) is 9.30. The third kappa shape index (κ3) is 4.97.